The maximum absolute atomic E-state index is 12.8. The molecular weight excluding hydrogens is 348 g/mol. The molecular formula is C19H30N4O4. The van der Waals surface area contributed by atoms with Gasteiger partial charge in [0.05, 0.1) is 35.5 Å². The number of carbonyl (C=O) groups excluding carboxylic acids is 2. The van der Waals surface area contributed by atoms with Crippen LogP contribution in [0.25, 0.3) is 0 Å². The van der Waals surface area contributed by atoms with E-state index in [4.69, 9.17) is 5.11 Å². The summed E-state index contributed by atoms with van der Waals surface area (Å²) in [6.07, 6.45) is 3.16. The van der Waals surface area contributed by atoms with Crippen LogP contribution in [-0.4, -0.2) is 69.2 Å². The fraction of sp³-hybridized carbons (Fsp3) is 0.684. The maximum atomic E-state index is 12.8. The second-order valence-corrected chi connectivity index (χ2v) is 8.10. The van der Waals surface area contributed by atoms with E-state index in [0.717, 1.165) is 5.69 Å². The quantitative estimate of drug-likeness (QED) is 0.839. The third-order valence-corrected chi connectivity index (χ3v) is 4.99. The van der Waals surface area contributed by atoms with Crippen molar-refractivity contribution < 1.29 is 19.5 Å². The summed E-state index contributed by atoms with van der Waals surface area (Å²) in [7, 11) is 1.61. The number of hydrogen-bond acceptors (Lipinski definition) is 4. The van der Waals surface area contributed by atoms with Crippen LogP contribution in [0, 0.1) is 5.92 Å². The zero-order chi connectivity index (χ0) is 20.4. The fourth-order valence-corrected chi connectivity index (χ4v) is 3.43. The molecule has 1 saturated heterocycles. The molecule has 0 unspecified atom stereocenters. The molecule has 150 valence electrons. The molecule has 0 aliphatic carbocycles. The van der Waals surface area contributed by atoms with E-state index in [1.54, 1.807) is 18.1 Å². The Morgan fingerprint density at radius 1 is 1.26 bits per heavy atom. The van der Waals surface area contributed by atoms with Gasteiger partial charge in [-0.1, -0.05) is 6.92 Å². The number of aliphatic carboxylic acids is 1. The molecule has 8 heteroatoms. The van der Waals surface area contributed by atoms with Gasteiger partial charge >= 0.3 is 5.97 Å². The van der Waals surface area contributed by atoms with Crippen LogP contribution in [0.15, 0.2) is 6.20 Å². The van der Waals surface area contributed by atoms with Gasteiger partial charge in [-0.05, 0) is 40.0 Å². The maximum Gasteiger partial charge on any atom is 0.306 e. The van der Waals surface area contributed by atoms with Crippen molar-refractivity contribution in [3.8, 4) is 0 Å². The highest BCUT2D eigenvalue weighted by molar-refractivity contribution is 5.97. The van der Waals surface area contributed by atoms with E-state index in [-0.39, 0.29) is 29.8 Å². The van der Waals surface area contributed by atoms with Crippen LogP contribution in [0.4, 0.5) is 0 Å². The van der Waals surface area contributed by atoms with E-state index in [9.17, 15) is 14.4 Å². The van der Waals surface area contributed by atoms with Gasteiger partial charge in [0.2, 0.25) is 5.91 Å². The standard InChI is InChI=1S/C19H30N4O4/c1-6-15-14(11-20-23(15)19(2,3)4)17(25)21(5)12-16(24)22-9-7-13(8-10-22)18(26)27/h11,13H,6-10,12H2,1-5H3,(H,26,27). The van der Waals surface area contributed by atoms with Crippen LogP contribution in [-0.2, 0) is 21.5 Å². The van der Waals surface area contributed by atoms with Crippen LogP contribution in [0.1, 0.15) is 56.6 Å². The minimum Gasteiger partial charge on any atom is -0.481 e. The zero-order valence-corrected chi connectivity index (χ0v) is 16.9. The molecule has 1 aliphatic heterocycles. The Kier molecular flexibility index (Phi) is 6.28. The van der Waals surface area contributed by atoms with Gasteiger partial charge in [0.1, 0.15) is 0 Å². The van der Waals surface area contributed by atoms with Gasteiger partial charge in [-0.25, -0.2) is 0 Å². The molecule has 2 heterocycles. The Bertz CT molecular complexity index is 712. The molecule has 0 spiro atoms. The number of aromatic nitrogens is 2. The molecule has 0 atom stereocenters. The zero-order valence-electron chi connectivity index (χ0n) is 16.9. The second kappa shape index (κ2) is 8.10. The first kappa shape index (κ1) is 20.9. The summed E-state index contributed by atoms with van der Waals surface area (Å²) in [4.78, 5) is 39.4. The van der Waals surface area contributed by atoms with Gasteiger partial charge in [-0.2, -0.15) is 5.10 Å². The molecule has 0 aromatic carbocycles. The van der Waals surface area contributed by atoms with E-state index in [1.807, 2.05) is 32.4 Å². The van der Waals surface area contributed by atoms with Crippen LogP contribution < -0.4 is 0 Å². The molecule has 1 fully saturated rings. The van der Waals surface area contributed by atoms with E-state index < -0.39 is 5.97 Å². The number of nitrogens with zero attached hydrogens (tertiary/aromatic N) is 4. The van der Waals surface area contributed by atoms with Gasteiger partial charge in [0.15, 0.2) is 0 Å². The van der Waals surface area contributed by atoms with Gasteiger partial charge < -0.3 is 14.9 Å². The number of carboxylic acid groups (broad SMARTS) is 1. The first-order chi connectivity index (χ1) is 12.6. The van der Waals surface area contributed by atoms with Gasteiger partial charge in [-0.3, -0.25) is 19.1 Å². The lowest BCUT2D eigenvalue weighted by atomic mass is 9.97. The number of hydrogen-bond donors (Lipinski definition) is 1. The molecule has 27 heavy (non-hydrogen) atoms. The number of amides is 2. The highest BCUT2D eigenvalue weighted by atomic mass is 16.4. The summed E-state index contributed by atoms with van der Waals surface area (Å²) in [5, 5.41) is 13.4. The normalized spacial score (nSPS) is 15.7. The monoisotopic (exact) mass is 378 g/mol. The second-order valence-electron chi connectivity index (χ2n) is 8.10. The minimum atomic E-state index is -0.808. The van der Waals surface area contributed by atoms with Gasteiger partial charge in [-0.15, -0.1) is 0 Å². The molecule has 0 bridgehead atoms. The van der Waals surface area contributed by atoms with Crippen molar-refractivity contribution in [1.29, 1.82) is 0 Å². The van der Waals surface area contributed by atoms with Crippen molar-refractivity contribution in [3.05, 3.63) is 17.5 Å². The Hall–Kier alpha value is -2.38. The first-order valence-electron chi connectivity index (χ1n) is 9.39. The predicted molar refractivity (Wildman–Crippen MR) is 101 cm³/mol. The lowest BCUT2D eigenvalue weighted by Gasteiger charge is -2.31. The smallest absolute Gasteiger partial charge is 0.306 e. The van der Waals surface area contributed by atoms with Crippen LogP contribution >= 0.6 is 0 Å². The molecule has 8 nitrogen and oxygen atoms in total. The van der Waals surface area contributed by atoms with Crippen LogP contribution in [0.5, 0.6) is 0 Å². The summed E-state index contributed by atoms with van der Waals surface area (Å²) >= 11 is 0. The first-order valence-corrected chi connectivity index (χ1v) is 9.39. The average molecular weight is 378 g/mol. The third kappa shape index (κ3) is 4.67. The van der Waals surface area contributed by atoms with Crippen molar-refractivity contribution in [2.45, 2.75) is 52.5 Å². The average Bonchev–Trinajstić information content (AvgIpc) is 3.05. The van der Waals surface area contributed by atoms with E-state index in [0.29, 0.717) is 37.9 Å². The number of carbonyl (C=O) groups is 3. The minimum absolute atomic E-state index is 0.0274. The number of piperidine rings is 1. The molecule has 0 saturated carbocycles. The highest BCUT2D eigenvalue weighted by Gasteiger charge is 2.29. The topological polar surface area (TPSA) is 95.7 Å². The Balaban J connectivity index is 2.03. The Morgan fingerprint density at radius 2 is 1.85 bits per heavy atom. The summed E-state index contributed by atoms with van der Waals surface area (Å²) in [6.45, 7) is 8.87. The fourth-order valence-electron chi connectivity index (χ4n) is 3.43. The van der Waals surface area contributed by atoms with Crippen molar-refractivity contribution in [2.24, 2.45) is 5.92 Å². The van der Waals surface area contributed by atoms with Crippen molar-refractivity contribution in [2.75, 3.05) is 26.7 Å². The molecule has 1 aromatic rings. The van der Waals surface area contributed by atoms with Gasteiger partial charge in [0, 0.05) is 20.1 Å². The van der Waals surface area contributed by atoms with Crippen LogP contribution in [0.2, 0.25) is 0 Å². The Morgan fingerprint density at radius 3 is 2.33 bits per heavy atom. The summed E-state index contributed by atoms with van der Waals surface area (Å²) in [5.41, 5.74) is 1.15. The molecule has 1 aliphatic rings. The summed E-state index contributed by atoms with van der Waals surface area (Å²) in [6, 6.07) is 0. The SMILES string of the molecule is CCc1c(C(=O)N(C)CC(=O)N2CCC(C(=O)O)CC2)cnn1C(C)(C)C. The van der Waals surface area contributed by atoms with E-state index in [2.05, 4.69) is 5.10 Å². The molecule has 2 rings (SSSR count). The largest absolute Gasteiger partial charge is 0.481 e. The lowest BCUT2D eigenvalue weighted by Crippen LogP contribution is -2.45. The molecule has 0 radical (unpaired) electrons. The number of likely N-dealkylation sites (N-methyl/N-ethyl adjacent to an activating group) is 1. The molecule has 2 amide bonds. The predicted octanol–water partition coefficient (Wildman–Crippen LogP) is 1.60. The summed E-state index contributed by atoms with van der Waals surface area (Å²) < 4.78 is 1.85. The number of rotatable bonds is 5. The van der Waals surface area contributed by atoms with Gasteiger partial charge in [0.25, 0.3) is 5.91 Å². The van der Waals surface area contributed by atoms with Crippen molar-refractivity contribution in [3.63, 3.8) is 0 Å². The van der Waals surface area contributed by atoms with Crippen LogP contribution in [0.3, 0.4) is 0 Å². The molecule has 1 N–H and O–H groups in total. The lowest BCUT2D eigenvalue weighted by molar-refractivity contribution is -0.145. The summed E-state index contributed by atoms with van der Waals surface area (Å²) in [5.74, 6) is -1.58. The highest BCUT2D eigenvalue weighted by Crippen LogP contribution is 2.21. The Labute approximate surface area is 160 Å². The number of carboxylic acids is 1. The van der Waals surface area contributed by atoms with E-state index in [1.165, 1.54) is 4.90 Å². The molecule has 1 aromatic heterocycles. The van der Waals surface area contributed by atoms with Crippen molar-refractivity contribution in [1.82, 2.24) is 19.6 Å². The van der Waals surface area contributed by atoms with E-state index >= 15 is 0 Å². The third-order valence-electron chi connectivity index (χ3n) is 4.99. The number of likely N-dealkylation sites (tertiary alicyclic amines) is 1. The van der Waals surface area contributed by atoms with Crippen molar-refractivity contribution >= 4 is 17.8 Å².